The van der Waals surface area contributed by atoms with E-state index in [1.807, 2.05) is 17.8 Å². The number of piperidine rings is 1. The van der Waals surface area contributed by atoms with Gasteiger partial charge in [-0.2, -0.15) is 10.1 Å². The minimum absolute atomic E-state index is 0.232. The zero-order valence-electron chi connectivity index (χ0n) is 11.5. The third-order valence-electron chi connectivity index (χ3n) is 3.66. The number of rotatable bonds is 4. The number of aryl methyl sites for hydroxylation is 1. The van der Waals surface area contributed by atoms with Crippen LogP contribution in [0.1, 0.15) is 37.0 Å². The molecule has 0 aromatic carbocycles. The normalized spacial score (nSPS) is 20.4. The molecule has 1 atom stereocenters. The highest BCUT2D eigenvalue weighted by Crippen LogP contribution is 2.29. The Kier molecular flexibility index (Phi) is 4.03. The molecule has 0 unspecified atom stereocenters. The zero-order valence-corrected chi connectivity index (χ0v) is 12.3. The molecule has 3 heterocycles. The summed E-state index contributed by atoms with van der Waals surface area (Å²) in [6, 6.07) is 0.232. The lowest BCUT2D eigenvalue weighted by molar-refractivity contribution is 0.113. The van der Waals surface area contributed by atoms with E-state index in [9.17, 15) is 0 Å². The summed E-state index contributed by atoms with van der Waals surface area (Å²) in [4.78, 5) is 6.78. The van der Waals surface area contributed by atoms with E-state index in [1.165, 1.54) is 12.8 Å². The summed E-state index contributed by atoms with van der Waals surface area (Å²) in [7, 11) is 0. The van der Waals surface area contributed by atoms with Gasteiger partial charge in [0.1, 0.15) is 0 Å². The number of likely N-dealkylation sites (tertiary alicyclic amines) is 1. The van der Waals surface area contributed by atoms with Gasteiger partial charge in [-0.1, -0.05) is 23.2 Å². The monoisotopic (exact) mass is 295 g/mol. The molecule has 108 valence electrons. The highest BCUT2D eigenvalue weighted by molar-refractivity contribution is 6.30. The predicted octanol–water partition coefficient (Wildman–Crippen LogP) is 2.46. The van der Waals surface area contributed by atoms with Crippen LogP contribution >= 0.6 is 11.6 Å². The van der Waals surface area contributed by atoms with Crippen molar-refractivity contribution in [1.29, 1.82) is 0 Å². The van der Waals surface area contributed by atoms with Crippen molar-refractivity contribution in [2.75, 3.05) is 13.1 Å². The van der Waals surface area contributed by atoms with Gasteiger partial charge < -0.3 is 4.52 Å². The van der Waals surface area contributed by atoms with Crippen molar-refractivity contribution in [3.63, 3.8) is 0 Å². The minimum atomic E-state index is 0.232. The van der Waals surface area contributed by atoms with Gasteiger partial charge in [0.2, 0.25) is 5.89 Å². The van der Waals surface area contributed by atoms with Crippen LogP contribution in [0.2, 0.25) is 5.02 Å². The number of hydrogen-bond donors (Lipinski definition) is 0. The third kappa shape index (κ3) is 3.02. The molecule has 0 radical (unpaired) electrons. The van der Waals surface area contributed by atoms with Crippen molar-refractivity contribution < 1.29 is 4.52 Å². The Morgan fingerprint density at radius 2 is 2.30 bits per heavy atom. The smallest absolute Gasteiger partial charge is 0.243 e. The van der Waals surface area contributed by atoms with Gasteiger partial charge in [-0.3, -0.25) is 9.58 Å². The Labute approximate surface area is 122 Å². The van der Waals surface area contributed by atoms with Crippen LogP contribution in [-0.2, 0) is 6.54 Å². The van der Waals surface area contributed by atoms with E-state index in [1.54, 1.807) is 6.20 Å². The molecule has 7 heteroatoms. The average molecular weight is 296 g/mol. The molecule has 0 amide bonds. The average Bonchev–Trinajstić information content (AvgIpc) is 3.06. The van der Waals surface area contributed by atoms with E-state index in [4.69, 9.17) is 16.1 Å². The molecule has 1 saturated heterocycles. The first-order chi connectivity index (χ1) is 9.72. The molecule has 0 aliphatic carbocycles. The fraction of sp³-hybridized carbons (Fsp3) is 0.615. The molecule has 6 nitrogen and oxygen atoms in total. The molecule has 0 bridgehead atoms. The summed E-state index contributed by atoms with van der Waals surface area (Å²) >= 11 is 5.88. The highest BCUT2D eigenvalue weighted by atomic mass is 35.5. The first-order valence-electron chi connectivity index (χ1n) is 6.94. The second-order valence-electron chi connectivity index (χ2n) is 5.15. The van der Waals surface area contributed by atoms with Gasteiger partial charge in [0.15, 0.2) is 5.82 Å². The third-order valence-corrected chi connectivity index (χ3v) is 3.86. The lowest BCUT2D eigenvalue weighted by Gasteiger charge is -2.33. The van der Waals surface area contributed by atoms with Gasteiger partial charge in [0, 0.05) is 12.7 Å². The lowest BCUT2D eigenvalue weighted by Crippen LogP contribution is -2.36. The van der Waals surface area contributed by atoms with E-state index in [-0.39, 0.29) is 6.04 Å². The second kappa shape index (κ2) is 5.93. The molecule has 2 aromatic rings. The Morgan fingerprint density at radius 1 is 1.40 bits per heavy atom. The number of nitrogens with zero attached hydrogens (tertiary/aromatic N) is 5. The Balaban J connectivity index is 1.66. The molecule has 3 rings (SSSR count). The highest BCUT2D eigenvalue weighted by Gasteiger charge is 2.28. The number of aromatic nitrogens is 4. The largest absolute Gasteiger partial charge is 0.338 e. The van der Waals surface area contributed by atoms with E-state index < -0.39 is 0 Å². The van der Waals surface area contributed by atoms with Gasteiger partial charge >= 0.3 is 0 Å². The summed E-state index contributed by atoms with van der Waals surface area (Å²) in [5.41, 5.74) is 0. The maximum absolute atomic E-state index is 5.88. The van der Waals surface area contributed by atoms with Crippen LogP contribution in [0.4, 0.5) is 0 Å². The summed E-state index contributed by atoms with van der Waals surface area (Å²) in [5.74, 6) is 1.44. The van der Waals surface area contributed by atoms with Crippen molar-refractivity contribution in [3.8, 4) is 0 Å². The van der Waals surface area contributed by atoms with Gasteiger partial charge in [-0.05, 0) is 26.3 Å². The van der Waals surface area contributed by atoms with Crippen molar-refractivity contribution in [2.24, 2.45) is 0 Å². The molecule has 20 heavy (non-hydrogen) atoms. The maximum atomic E-state index is 5.88. The van der Waals surface area contributed by atoms with Gasteiger partial charge in [-0.15, -0.1) is 0 Å². The summed E-state index contributed by atoms with van der Waals surface area (Å²) < 4.78 is 7.21. The summed E-state index contributed by atoms with van der Waals surface area (Å²) in [6.07, 6.45) is 7.00. The van der Waals surface area contributed by atoms with Crippen LogP contribution in [0.5, 0.6) is 0 Å². The molecular weight excluding hydrogens is 278 g/mol. The van der Waals surface area contributed by atoms with Crippen LogP contribution < -0.4 is 0 Å². The Bertz CT molecular complexity index is 567. The number of hydrogen-bond acceptors (Lipinski definition) is 5. The fourth-order valence-electron chi connectivity index (χ4n) is 2.68. The Morgan fingerprint density at radius 3 is 3.00 bits per heavy atom. The quantitative estimate of drug-likeness (QED) is 0.867. The standard InChI is InChI=1S/C13H18ClN5O/c1-10-16-13(20-17-10)12-4-2-3-5-18(12)6-7-19-9-11(14)8-15-19/h8-9,12H,2-7H2,1H3/t12-/m0/s1. The fourth-order valence-corrected chi connectivity index (χ4v) is 2.83. The van der Waals surface area contributed by atoms with E-state index in [2.05, 4.69) is 20.1 Å². The molecule has 0 spiro atoms. The summed E-state index contributed by atoms with van der Waals surface area (Å²) in [6.45, 7) is 4.63. The Hall–Kier alpha value is -1.40. The first-order valence-corrected chi connectivity index (χ1v) is 7.32. The van der Waals surface area contributed by atoms with Crippen LogP contribution in [0.25, 0.3) is 0 Å². The van der Waals surface area contributed by atoms with Crippen molar-refractivity contribution in [2.45, 2.75) is 38.8 Å². The van der Waals surface area contributed by atoms with Crippen LogP contribution in [0.15, 0.2) is 16.9 Å². The topological polar surface area (TPSA) is 60.0 Å². The summed E-state index contributed by atoms with van der Waals surface area (Å²) in [5, 5.41) is 8.78. The van der Waals surface area contributed by atoms with Crippen LogP contribution in [-0.4, -0.2) is 37.9 Å². The predicted molar refractivity (Wildman–Crippen MR) is 74.4 cm³/mol. The minimum Gasteiger partial charge on any atom is -0.338 e. The molecule has 1 aliphatic heterocycles. The SMILES string of the molecule is Cc1noc([C@@H]2CCCCN2CCn2cc(Cl)cn2)n1. The lowest BCUT2D eigenvalue weighted by atomic mass is 10.0. The zero-order chi connectivity index (χ0) is 13.9. The molecule has 0 N–H and O–H groups in total. The second-order valence-corrected chi connectivity index (χ2v) is 5.59. The van der Waals surface area contributed by atoms with Crippen molar-refractivity contribution >= 4 is 11.6 Å². The van der Waals surface area contributed by atoms with Gasteiger partial charge in [0.05, 0.1) is 23.8 Å². The maximum Gasteiger partial charge on any atom is 0.243 e. The first kappa shape index (κ1) is 13.6. The molecule has 1 aliphatic rings. The molecule has 0 saturated carbocycles. The molecule has 1 fully saturated rings. The number of halogens is 1. The van der Waals surface area contributed by atoms with Crippen LogP contribution in [0, 0.1) is 6.92 Å². The van der Waals surface area contributed by atoms with E-state index in [0.717, 1.165) is 31.9 Å². The molecule has 2 aromatic heterocycles. The van der Waals surface area contributed by atoms with E-state index >= 15 is 0 Å². The van der Waals surface area contributed by atoms with Gasteiger partial charge in [0.25, 0.3) is 0 Å². The van der Waals surface area contributed by atoms with Crippen molar-refractivity contribution in [1.82, 2.24) is 24.8 Å². The van der Waals surface area contributed by atoms with E-state index in [0.29, 0.717) is 10.8 Å². The van der Waals surface area contributed by atoms with Crippen molar-refractivity contribution in [3.05, 3.63) is 29.1 Å². The molecular formula is C13H18ClN5O. The van der Waals surface area contributed by atoms with Crippen LogP contribution in [0.3, 0.4) is 0 Å². The van der Waals surface area contributed by atoms with Gasteiger partial charge in [-0.25, -0.2) is 0 Å².